The van der Waals surface area contributed by atoms with E-state index in [9.17, 15) is 18.8 Å². The summed E-state index contributed by atoms with van der Waals surface area (Å²) < 4.78 is 18.4. The lowest BCUT2D eigenvalue weighted by Crippen LogP contribution is -2.43. The molecule has 3 heterocycles. The summed E-state index contributed by atoms with van der Waals surface area (Å²) in [6.07, 6.45) is 3.08. The molecular weight excluding hydrogens is 415 g/mol. The number of nitrogens with zero attached hydrogens (tertiary/aromatic N) is 3. The lowest BCUT2D eigenvalue weighted by atomic mass is 9.99. The number of rotatable bonds is 5. The number of methoxy groups -OCH3 is 1. The lowest BCUT2D eigenvalue weighted by molar-refractivity contribution is -0.136. The standard InChI is InChI=1S/C23H27FN4O4/c1-32-14-21(30)27-10-8-18-17(13-27)23(31)26-22(25-18)19-7-2-3-9-28(19)20(29)12-15-5-4-6-16(24)11-15/h4-6,11,19H,2-3,7-10,12-14H2,1H3,(H,25,26,31). The lowest BCUT2D eigenvalue weighted by Gasteiger charge is -2.36. The summed E-state index contributed by atoms with van der Waals surface area (Å²) in [5.74, 6) is -0.165. The van der Waals surface area contributed by atoms with Crippen LogP contribution in [0, 0.1) is 5.82 Å². The first-order valence-electron chi connectivity index (χ1n) is 10.9. The first-order valence-corrected chi connectivity index (χ1v) is 10.9. The van der Waals surface area contributed by atoms with E-state index in [0.717, 1.165) is 12.8 Å². The van der Waals surface area contributed by atoms with Crippen LogP contribution in [0.3, 0.4) is 0 Å². The van der Waals surface area contributed by atoms with Crippen molar-refractivity contribution in [3.05, 3.63) is 63.1 Å². The number of hydrogen-bond donors (Lipinski definition) is 1. The molecule has 2 amide bonds. The molecule has 0 bridgehead atoms. The van der Waals surface area contributed by atoms with Gasteiger partial charge in [0.05, 0.1) is 30.3 Å². The van der Waals surface area contributed by atoms with Gasteiger partial charge in [0.15, 0.2) is 0 Å². The predicted molar refractivity (Wildman–Crippen MR) is 114 cm³/mol. The highest BCUT2D eigenvalue weighted by Gasteiger charge is 2.32. The molecule has 4 rings (SSSR count). The van der Waals surface area contributed by atoms with Gasteiger partial charge in [-0.15, -0.1) is 0 Å². The molecule has 2 aliphatic rings. The van der Waals surface area contributed by atoms with Crippen LogP contribution in [0.15, 0.2) is 29.1 Å². The van der Waals surface area contributed by atoms with Crippen molar-refractivity contribution in [2.24, 2.45) is 0 Å². The number of fused-ring (bicyclic) bond motifs is 1. The second kappa shape index (κ2) is 9.60. The molecular formula is C23H27FN4O4. The van der Waals surface area contributed by atoms with Gasteiger partial charge in [0.25, 0.3) is 5.56 Å². The number of likely N-dealkylation sites (tertiary alicyclic amines) is 1. The topological polar surface area (TPSA) is 95.6 Å². The summed E-state index contributed by atoms with van der Waals surface area (Å²) >= 11 is 0. The zero-order valence-electron chi connectivity index (χ0n) is 18.1. The molecule has 2 aromatic rings. The average Bonchev–Trinajstić information content (AvgIpc) is 2.79. The molecule has 9 heteroatoms. The van der Waals surface area contributed by atoms with Gasteiger partial charge >= 0.3 is 0 Å². The summed E-state index contributed by atoms with van der Waals surface area (Å²) in [5, 5.41) is 0. The minimum atomic E-state index is -0.371. The van der Waals surface area contributed by atoms with E-state index < -0.39 is 0 Å². The SMILES string of the molecule is COCC(=O)N1CCc2nc(C3CCCCN3C(=O)Cc3cccc(F)c3)[nH]c(=O)c2C1. The van der Waals surface area contributed by atoms with Crippen LogP contribution in [0.25, 0.3) is 0 Å². The van der Waals surface area contributed by atoms with Crippen molar-refractivity contribution in [3.63, 3.8) is 0 Å². The van der Waals surface area contributed by atoms with E-state index in [1.54, 1.807) is 21.9 Å². The number of benzene rings is 1. The van der Waals surface area contributed by atoms with Gasteiger partial charge in [0.2, 0.25) is 11.8 Å². The molecule has 1 atom stereocenters. The van der Waals surface area contributed by atoms with Gasteiger partial charge in [-0.05, 0) is 37.0 Å². The Labute approximate surface area is 185 Å². The molecule has 1 saturated heterocycles. The van der Waals surface area contributed by atoms with Crippen molar-refractivity contribution in [1.29, 1.82) is 0 Å². The third kappa shape index (κ3) is 4.72. The molecule has 8 nitrogen and oxygen atoms in total. The number of aromatic amines is 1. The van der Waals surface area contributed by atoms with Crippen molar-refractivity contribution in [2.75, 3.05) is 26.8 Å². The van der Waals surface area contributed by atoms with Crippen molar-refractivity contribution in [3.8, 4) is 0 Å². The summed E-state index contributed by atoms with van der Waals surface area (Å²) in [6, 6.07) is 5.72. The molecule has 1 aromatic carbocycles. The first kappa shape index (κ1) is 22.1. The molecule has 1 unspecified atom stereocenters. The number of H-pyrrole nitrogens is 1. The fourth-order valence-electron chi connectivity index (χ4n) is 4.47. The highest BCUT2D eigenvalue weighted by atomic mass is 19.1. The average molecular weight is 442 g/mol. The van der Waals surface area contributed by atoms with Gasteiger partial charge in [0, 0.05) is 26.6 Å². The number of halogens is 1. The van der Waals surface area contributed by atoms with Crippen LogP contribution < -0.4 is 5.56 Å². The number of nitrogens with one attached hydrogen (secondary N) is 1. The number of carbonyl (C=O) groups excluding carboxylic acids is 2. The highest BCUT2D eigenvalue weighted by Crippen LogP contribution is 2.30. The van der Waals surface area contributed by atoms with E-state index in [2.05, 4.69) is 4.98 Å². The van der Waals surface area contributed by atoms with Crippen LogP contribution in [0.5, 0.6) is 0 Å². The Bertz CT molecular complexity index is 1070. The van der Waals surface area contributed by atoms with Gasteiger partial charge in [-0.2, -0.15) is 0 Å². The number of ether oxygens (including phenoxy) is 1. The van der Waals surface area contributed by atoms with Gasteiger partial charge in [-0.3, -0.25) is 14.4 Å². The molecule has 0 radical (unpaired) electrons. The normalized spacial score (nSPS) is 18.4. The Hall–Kier alpha value is -3.07. The Morgan fingerprint density at radius 1 is 1.25 bits per heavy atom. The maximum atomic E-state index is 13.5. The smallest absolute Gasteiger partial charge is 0.256 e. The fraction of sp³-hybridized carbons (Fsp3) is 0.478. The summed E-state index contributed by atoms with van der Waals surface area (Å²) in [7, 11) is 1.46. The van der Waals surface area contributed by atoms with E-state index in [-0.39, 0.29) is 48.8 Å². The zero-order chi connectivity index (χ0) is 22.7. The van der Waals surface area contributed by atoms with Crippen molar-refractivity contribution < 1.29 is 18.7 Å². The Balaban J connectivity index is 1.55. The fourth-order valence-corrected chi connectivity index (χ4v) is 4.47. The quantitative estimate of drug-likeness (QED) is 0.761. The molecule has 170 valence electrons. The minimum absolute atomic E-state index is 0.0246. The van der Waals surface area contributed by atoms with Gasteiger partial charge in [0.1, 0.15) is 18.2 Å². The summed E-state index contributed by atoms with van der Waals surface area (Å²) in [4.78, 5) is 48.9. The van der Waals surface area contributed by atoms with Crippen LogP contribution >= 0.6 is 0 Å². The molecule has 32 heavy (non-hydrogen) atoms. The molecule has 1 N–H and O–H groups in total. The van der Waals surface area contributed by atoms with Crippen LogP contribution in [0.1, 0.15) is 47.9 Å². The predicted octanol–water partition coefficient (Wildman–Crippen LogP) is 1.74. The summed E-state index contributed by atoms with van der Waals surface area (Å²) in [5.41, 5.74) is 1.50. The maximum Gasteiger partial charge on any atom is 0.256 e. The Morgan fingerprint density at radius 2 is 2.09 bits per heavy atom. The number of aromatic nitrogens is 2. The monoisotopic (exact) mass is 442 g/mol. The Morgan fingerprint density at radius 3 is 2.88 bits per heavy atom. The third-order valence-corrected chi connectivity index (χ3v) is 6.09. The number of piperidine rings is 1. The molecule has 0 spiro atoms. The number of amides is 2. The number of hydrogen-bond acceptors (Lipinski definition) is 5. The van der Waals surface area contributed by atoms with E-state index in [4.69, 9.17) is 9.72 Å². The van der Waals surface area contributed by atoms with E-state index in [1.165, 1.54) is 19.2 Å². The van der Waals surface area contributed by atoms with E-state index >= 15 is 0 Å². The van der Waals surface area contributed by atoms with Crippen molar-refractivity contribution in [2.45, 2.75) is 44.7 Å². The Kier molecular flexibility index (Phi) is 6.64. The molecule has 0 saturated carbocycles. The van der Waals surface area contributed by atoms with Crippen LogP contribution in [-0.2, 0) is 33.7 Å². The van der Waals surface area contributed by atoms with Crippen molar-refractivity contribution >= 4 is 11.8 Å². The van der Waals surface area contributed by atoms with Crippen LogP contribution in [0.4, 0.5) is 4.39 Å². The first-order chi connectivity index (χ1) is 15.5. The van der Waals surface area contributed by atoms with Gasteiger partial charge in [-0.25, -0.2) is 9.37 Å². The molecule has 0 aliphatic carbocycles. The molecule has 2 aliphatic heterocycles. The maximum absolute atomic E-state index is 13.5. The summed E-state index contributed by atoms with van der Waals surface area (Å²) in [6.45, 7) is 1.22. The van der Waals surface area contributed by atoms with E-state index in [1.807, 2.05) is 0 Å². The highest BCUT2D eigenvalue weighted by molar-refractivity contribution is 5.79. The van der Waals surface area contributed by atoms with Crippen molar-refractivity contribution in [1.82, 2.24) is 19.8 Å². The molecule has 1 aromatic heterocycles. The van der Waals surface area contributed by atoms with Gasteiger partial charge < -0.3 is 19.5 Å². The number of carbonyl (C=O) groups is 2. The van der Waals surface area contributed by atoms with Gasteiger partial charge in [-0.1, -0.05) is 12.1 Å². The second-order valence-corrected chi connectivity index (χ2v) is 8.28. The van der Waals surface area contributed by atoms with E-state index in [0.29, 0.717) is 48.6 Å². The van der Waals surface area contributed by atoms with Crippen LogP contribution in [-0.4, -0.2) is 58.4 Å². The second-order valence-electron chi connectivity index (χ2n) is 8.28. The molecule has 1 fully saturated rings. The largest absolute Gasteiger partial charge is 0.375 e. The minimum Gasteiger partial charge on any atom is -0.375 e. The zero-order valence-corrected chi connectivity index (χ0v) is 18.1. The third-order valence-electron chi connectivity index (χ3n) is 6.09. The van der Waals surface area contributed by atoms with Crippen LogP contribution in [0.2, 0.25) is 0 Å².